The number of hydrogen-bond acceptors (Lipinski definition) is 4. The van der Waals surface area contributed by atoms with Crippen LogP contribution in [0.1, 0.15) is 42.7 Å². The van der Waals surface area contributed by atoms with E-state index in [-0.39, 0.29) is 23.7 Å². The van der Waals surface area contributed by atoms with Crippen molar-refractivity contribution in [2.24, 2.45) is 0 Å². The Morgan fingerprint density at radius 2 is 2.10 bits per heavy atom. The van der Waals surface area contributed by atoms with E-state index < -0.39 is 9.84 Å². The van der Waals surface area contributed by atoms with Crippen molar-refractivity contribution in [3.05, 3.63) is 24.0 Å². The molecule has 112 valence electrons. The summed E-state index contributed by atoms with van der Waals surface area (Å²) in [7, 11) is -3.08. The van der Waals surface area contributed by atoms with E-state index >= 15 is 0 Å². The number of carbonyl (C=O) groups is 1. The monoisotopic (exact) mass is 298 g/mol. The molecule has 0 radical (unpaired) electrons. The van der Waals surface area contributed by atoms with Crippen molar-refractivity contribution in [1.29, 1.82) is 0 Å². The fraction of sp³-hybridized carbons (Fsp3) is 0.643. The molecule has 1 aromatic heterocycles. The van der Waals surface area contributed by atoms with Crippen molar-refractivity contribution in [2.75, 3.05) is 24.6 Å². The van der Waals surface area contributed by atoms with E-state index in [1.807, 2.05) is 16.8 Å². The number of nitrogens with one attached hydrogen (secondary N) is 1. The summed E-state index contributed by atoms with van der Waals surface area (Å²) in [5.74, 6) is -0.0412. The van der Waals surface area contributed by atoms with Gasteiger partial charge in [0.1, 0.15) is 9.84 Å². The highest BCUT2D eigenvalue weighted by atomic mass is 32.2. The first-order valence-corrected chi connectivity index (χ1v) is 8.97. The molecular formula is C14H22N2O3S. The normalized spacial score (nSPS) is 17.2. The van der Waals surface area contributed by atoms with E-state index in [0.717, 1.165) is 25.9 Å². The summed E-state index contributed by atoms with van der Waals surface area (Å²) in [6, 6.07) is 4.00. The maximum absolute atomic E-state index is 12.2. The summed E-state index contributed by atoms with van der Waals surface area (Å²) in [5.41, 5.74) is 0.642. The van der Waals surface area contributed by atoms with Gasteiger partial charge >= 0.3 is 0 Å². The van der Waals surface area contributed by atoms with E-state index in [9.17, 15) is 13.2 Å². The molecule has 20 heavy (non-hydrogen) atoms. The predicted molar refractivity (Wildman–Crippen MR) is 78.8 cm³/mol. The van der Waals surface area contributed by atoms with Crippen LogP contribution in [0.2, 0.25) is 0 Å². The molecule has 1 aromatic rings. The number of aromatic nitrogens is 1. The third kappa shape index (κ3) is 3.70. The lowest BCUT2D eigenvalue weighted by molar-refractivity contribution is 0.0976. The molecule has 0 saturated carbocycles. The molecule has 1 saturated heterocycles. The van der Waals surface area contributed by atoms with Crippen LogP contribution in [0.25, 0.3) is 0 Å². The van der Waals surface area contributed by atoms with E-state index in [1.165, 1.54) is 0 Å². The van der Waals surface area contributed by atoms with Gasteiger partial charge < -0.3 is 9.88 Å². The Bertz CT molecular complexity index is 557. The van der Waals surface area contributed by atoms with Gasteiger partial charge in [0.15, 0.2) is 5.78 Å². The topological polar surface area (TPSA) is 68.2 Å². The first kappa shape index (κ1) is 15.3. The second-order valence-electron chi connectivity index (χ2n) is 5.19. The number of nitrogens with zero attached hydrogens (tertiary/aromatic N) is 1. The van der Waals surface area contributed by atoms with Gasteiger partial charge in [0.05, 0.1) is 11.4 Å². The summed E-state index contributed by atoms with van der Waals surface area (Å²) in [4.78, 5) is 12.2. The lowest BCUT2D eigenvalue weighted by Gasteiger charge is -2.25. The highest BCUT2D eigenvalue weighted by Crippen LogP contribution is 2.22. The van der Waals surface area contributed by atoms with Crippen LogP contribution in [-0.2, 0) is 9.84 Å². The second kappa shape index (κ2) is 6.54. The smallest absolute Gasteiger partial charge is 0.180 e. The Kier molecular flexibility index (Phi) is 4.99. The number of piperidine rings is 1. The fourth-order valence-corrected chi connectivity index (χ4v) is 3.34. The number of sulfone groups is 1. The number of Topliss-reactive ketones (excluding diaryl/α,β-unsaturated/α-hetero) is 1. The summed E-state index contributed by atoms with van der Waals surface area (Å²) in [6.45, 7) is 3.53. The summed E-state index contributed by atoms with van der Waals surface area (Å²) in [5, 5.41) is 3.30. The molecule has 6 heteroatoms. The third-order valence-corrected chi connectivity index (χ3v) is 5.55. The van der Waals surface area contributed by atoms with Crippen molar-refractivity contribution >= 4 is 15.6 Å². The molecule has 1 aliphatic rings. The van der Waals surface area contributed by atoms with Crippen molar-refractivity contribution in [3.63, 3.8) is 0 Å². The van der Waals surface area contributed by atoms with E-state index in [0.29, 0.717) is 11.7 Å². The van der Waals surface area contributed by atoms with Gasteiger partial charge in [-0.1, -0.05) is 6.92 Å². The van der Waals surface area contributed by atoms with Crippen molar-refractivity contribution in [1.82, 2.24) is 9.88 Å². The van der Waals surface area contributed by atoms with Gasteiger partial charge in [-0.2, -0.15) is 0 Å². The molecule has 1 fully saturated rings. The van der Waals surface area contributed by atoms with Crippen LogP contribution < -0.4 is 5.32 Å². The van der Waals surface area contributed by atoms with Gasteiger partial charge in [0.2, 0.25) is 0 Å². The van der Waals surface area contributed by atoms with Gasteiger partial charge in [-0.25, -0.2) is 8.42 Å². The molecule has 0 spiro atoms. The summed E-state index contributed by atoms with van der Waals surface area (Å²) < 4.78 is 25.0. The first-order valence-electron chi connectivity index (χ1n) is 7.14. The molecule has 1 aliphatic heterocycles. The molecular weight excluding hydrogens is 276 g/mol. The van der Waals surface area contributed by atoms with E-state index in [1.54, 1.807) is 13.0 Å². The number of rotatable bonds is 6. The Hall–Kier alpha value is -1.14. The highest BCUT2D eigenvalue weighted by molar-refractivity contribution is 7.91. The van der Waals surface area contributed by atoms with Crippen molar-refractivity contribution < 1.29 is 13.2 Å². The standard InChI is InChI=1S/C14H22N2O3S/c1-2-20(18,19)11-7-14(17)13-4-3-10-16(13)12-5-8-15-9-6-12/h3-4,10,12,15H,2,5-9,11H2,1H3. The first-order chi connectivity index (χ1) is 9.53. The van der Waals surface area contributed by atoms with Crippen molar-refractivity contribution in [2.45, 2.75) is 32.2 Å². The lowest BCUT2D eigenvalue weighted by atomic mass is 10.1. The number of hydrogen-bond donors (Lipinski definition) is 1. The number of ketones is 1. The van der Waals surface area contributed by atoms with Gasteiger partial charge in [-0.15, -0.1) is 0 Å². The molecule has 2 heterocycles. The van der Waals surface area contributed by atoms with Crippen molar-refractivity contribution in [3.8, 4) is 0 Å². The van der Waals surface area contributed by atoms with E-state index in [2.05, 4.69) is 5.32 Å². The Morgan fingerprint density at radius 1 is 1.40 bits per heavy atom. The third-order valence-electron chi connectivity index (χ3n) is 3.85. The van der Waals surface area contributed by atoms with Gasteiger partial charge in [-0.05, 0) is 38.1 Å². The van der Waals surface area contributed by atoms with Crippen LogP contribution in [0, 0.1) is 0 Å². The minimum atomic E-state index is -3.08. The molecule has 0 atom stereocenters. The van der Waals surface area contributed by atoms with Crippen LogP contribution in [0.3, 0.4) is 0 Å². The SMILES string of the molecule is CCS(=O)(=O)CCC(=O)c1cccn1C1CCNCC1. The van der Waals surface area contributed by atoms with Crippen LogP contribution in [-0.4, -0.2) is 43.4 Å². The molecule has 2 rings (SSSR count). The fourth-order valence-electron chi connectivity index (χ4n) is 2.55. The zero-order valence-corrected chi connectivity index (χ0v) is 12.7. The minimum absolute atomic E-state index is 0.0558. The Balaban J connectivity index is 2.05. The Labute approximate surface area is 120 Å². The zero-order valence-electron chi connectivity index (χ0n) is 11.8. The summed E-state index contributed by atoms with van der Waals surface area (Å²) in [6.07, 6.45) is 4.01. The van der Waals surface area contributed by atoms with Gasteiger partial charge in [0, 0.05) is 24.4 Å². The number of carbonyl (C=O) groups excluding carboxylic acids is 1. The molecule has 1 N–H and O–H groups in total. The zero-order chi connectivity index (χ0) is 14.6. The Morgan fingerprint density at radius 3 is 2.75 bits per heavy atom. The molecule has 0 unspecified atom stereocenters. The van der Waals surface area contributed by atoms with Crippen LogP contribution in [0.15, 0.2) is 18.3 Å². The average molecular weight is 298 g/mol. The van der Waals surface area contributed by atoms with Crippen LogP contribution >= 0.6 is 0 Å². The molecule has 5 nitrogen and oxygen atoms in total. The summed E-state index contributed by atoms with van der Waals surface area (Å²) >= 11 is 0. The molecule has 0 aliphatic carbocycles. The quantitative estimate of drug-likeness (QED) is 0.807. The second-order valence-corrected chi connectivity index (χ2v) is 7.66. The average Bonchev–Trinajstić information content (AvgIpc) is 2.95. The molecule has 0 amide bonds. The van der Waals surface area contributed by atoms with E-state index in [4.69, 9.17) is 0 Å². The minimum Gasteiger partial charge on any atom is -0.342 e. The van der Waals surface area contributed by atoms with Gasteiger partial charge in [0.25, 0.3) is 0 Å². The van der Waals surface area contributed by atoms with Crippen LogP contribution in [0.4, 0.5) is 0 Å². The molecule has 0 bridgehead atoms. The van der Waals surface area contributed by atoms with Crippen LogP contribution in [0.5, 0.6) is 0 Å². The predicted octanol–water partition coefficient (Wildman–Crippen LogP) is 1.42. The largest absolute Gasteiger partial charge is 0.342 e. The molecule has 0 aromatic carbocycles. The highest BCUT2D eigenvalue weighted by Gasteiger charge is 2.20. The van der Waals surface area contributed by atoms with Gasteiger partial charge in [-0.3, -0.25) is 4.79 Å². The maximum atomic E-state index is 12.2. The maximum Gasteiger partial charge on any atom is 0.180 e. The lowest BCUT2D eigenvalue weighted by Crippen LogP contribution is -2.30.